The predicted octanol–water partition coefficient (Wildman–Crippen LogP) is 2.89. The summed E-state index contributed by atoms with van der Waals surface area (Å²) < 4.78 is 5.86. The molecule has 0 saturated heterocycles. The number of hydrogen-bond acceptors (Lipinski definition) is 2. The van der Waals surface area contributed by atoms with Gasteiger partial charge in [0.1, 0.15) is 11.4 Å². The summed E-state index contributed by atoms with van der Waals surface area (Å²) >= 11 is 0. The standard InChI is InChI=1S/C14H16O3/c1-14(2)8-7-11-9-10(4-6-13(15)16)3-5-12(11)17-14/h3-6,9H,7-8H2,1-2H3,(H,15,16). The number of aryl methyl sites for hydroxylation is 1. The van der Waals surface area contributed by atoms with E-state index in [2.05, 4.69) is 13.8 Å². The van der Waals surface area contributed by atoms with Crippen molar-refractivity contribution in [2.75, 3.05) is 0 Å². The molecule has 0 saturated carbocycles. The monoisotopic (exact) mass is 232 g/mol. The molecule has 0 radical (unpaired) electrons. The fourth-order valence-electron chi connectivity index (χ4n) is 1.95. The topological polar surface area (TPSA) is 46.5 Å². The minimum atomic E-state index is -0.930. The average molecular weight is 232 g/mol. The van der Waals surface area contributed by atoms with Gasteiger partial charge in [-0.25, -0.2) is 4.79 Å². The number of aliphatic carboxylic acids is 1. The molecule has 0 aromatic heterocycles. The van der Waals surface area contributed by atoms with Crippen LogP contribution >= 0.6 is 0 Å². The van der Waals surface area contributed by atoms with E-state index in [0.717, 1.165) is 35.8 Å². The van der Waals surface area contributed by atoms with Crippen molar-refractivity contribution in [2.24, 2.45) is 0 Å². The fourth-order valence-corrected chi connectivity index (χ4v) is 1.95. The summed E-state index contributed by atoms with van der Waals surface area (Å²) in [5, 5.41) is 8.57. The Bertz CT molecular complexity index is 472. The summed E-state index contributed by atoms with van der Waals surface area (Å²) in [7, 11) is 0. The van der Waals surface area contributed by atoms with E-state index in [1.807, 2.05) is 18.2 Å². The second kappa shape index (κ2) is 4.24. The quantitative estimate of drug-likeness (QED) is 0.797. The first-order valence-electron chi connectivity index (χ1n) is 5.69. The van der Waals surface area contributed by atoms with Crippen molar-refractivity contribution in [3.05, 3.63) is 35.4 Å². The lowest BCUT2D eigenvalue weighted by Crippen LogP contribution is -2.32. The van der Waals surface area contributed by atoms with Gasteiger partial charge in [-0.1, -0.05) is 6.07 Å². The Balaban J connectivity index is 2.24. The van der Waals surface area contributed by atoms with Crippen LogP contribution in [0.25, 0.3) is 6.08 Å². The summed E-state index contributed by atoms with van der Waals surface area (Å²) in [6.45, 7) is 4.16. The normalized spacial score (nSPS) is 17.5. The zero-order chi connectivity index (χ0) is 12.5. The molecule has 0 amide bonds. The van der Waals surface area contributed by atoms with Gasteiger partial charge in [0.15, 0.2) is 0 Å². The first-order valence-corrected chi connectivity index (χ1v) is 5.69. The zero-order valence-electron chi connectivity index (χ0n) is 10.1. The van der Waals surface area contributed by atoms with Gasteiger partial charge in [0.2, 0.25) is 0 Å². The van der Waals surface area contributed by atoms with Gasteiger partial charge in [0, 0.05) is 6.08 Å². The molecule has 1 aliphatic rings. The molecule has 0 bridgehead atoms. The van der Waals surface area contributed by atoms with Gasteiger partial charge in [-0.15, -0.1) is 0 Å². The molecule has 2 rings (SSSR count). The Kier molecular flexibility index (Phi) is 2.92. The molecule has 0 fully saturated rings. The third-order valence-corrected chi connectivity index (χ3v) is 2.89. The minimum Gasteiger partial charge on any atom is -0.488 e. The van der Waals surface area contributed by atoms with E-state index in [0.29, 0.717) is 0 Å². The van der Waals surface area contributed by atoms with Gasteiger partial charge in [-0.2, -0.15) is 0 Å². The molecular weight excluding hydrogens is 216 g/mol. The van der Waals surface area contributed by atoms with Gasteiger partial charge < -0.3 is 9.84 Å². The van der Waals surface area contributed by atoms with Crippen molar-refractivity contribution in [2.45, 2.75) is 32.3 Å². The van der Waals surface area contributed by atoms with Gasteiger partial charge in [-0.05, 0) is 56.0 Å². The van der Waals surface area contributed by atoms with Crippen LogP contribution < -0.4 is 4.74 Å². The number of fused-ring (bicyclic) bond motifs is 1. The predicted molar refractivity (Wildman–Crippen MR) is 66.1 cm³/mol. The molecule has 1 aromatic carbocycles. The summed E-state index contributed by atoms with van der Waals surface area (Å²) in [6.07, 6.45) is 4.70. The highest BCUT2D eigenvalue weighted by Crippen LogP contribution is 2.33. The smallest absolute Gasteiger partial charge is 0.328 e. The minimum absolute atomic E-state index is 0.106. The van der Waals surface area contributed by atoms with Crippen molar-refractivity contribution >= 4 is 12.0 Å². The summed E-state index contributed by atoms with van der Waals surface area (Å²) in [5.74, 6) is -0.0196. The molecule has 3 heteroatoms. The van der Waals surface area contributed by atoms with Crippen molar-refractivity contribution in [1.82, 2.24) is 0 Å². The van der Waals surface area contributed by atoms with E-state index in [9.17, 15) is 4.79 Å². The molecule has 0 spiro atoms. The Morgan fingerprint density at radius 2 is 2.24 bits per heavy atom. The van der Waals surface area contributed by atoms with E-state index in [4.69, 9.17) is 9.84 Å². The molecular formula is C14H16O3. The number of carboxylic acid groups (broad SMARTS) is 1. The van der Waals surface area contributed by atoms with Crippen LogP contribution in [0.2, 0.25) is 0 Å². The third kappa shape index (κ3) is 2.87. The van der Waals surface area contributed by atoms with Crippen LogP contribution in [-0.4, -0.2) is 16.7 Å². The largest absolute Gasteiger partial charge is 0.488 e. The summed E-state index contributed by atoms with van der Waals surface area (Å²) in [5.41, 5.74) is 1.94. The van der Waals surface area contributed by atoms with Crippen molar-refractivity contribution in [3.8, 4) is 5.75 Å². The van der Waals surface area contributed by atoms with Crippen LogP contribution in [0.5, 0.6) is 5.75 Å². The second-order valence-corrected chi connectivity index (χ2v) is 4.90. The van der Waals surface area contributed by atoms with Crippen LogP contribution in [-0.2, 0) is 11.2 Å². The van der Waals surface area contributed by atoms with Gasteiger partial charge in [0.25, 0.3) is 0 Å². The Hall–Kier alpha value is -1.77. The highest BCUT2D eigenvalue weighted by Gasteiger charge is 2.26. The summed E-state index contributed by atoms with van der Waals surface area (Å²) in [4.78, 5) is 10.4. The molecule has 1 aliphatic heterocycles. The van der Waals surface area contributed by atoms with Gasteiger partial charge in [0.05, 0.1) is 0 Å². The highest BCUT2D eigenvalue weighted by atomic mass is 16.5. The maximum absolute atomic E-state index is 10.4. The number of carboxylic acids is 1. The Morgan fingerprint density at radius 3 is 2.94 bits per heavy atom. The second-order valence-electron chi connectivity index (χ2n) is 4.90. The maximum Gasteiger partial charge on any atom is 0.328 e. The Labute approximate surface area is 101 Å². The van der Waals surface area contributed by atoms with Crippen molar-refractivity contribution in [3.63, 3.8) is 0 Å². The third-order valence-electron chi connectivity index (χ3n) is 2.89. The first-order chi connectivity index (χ1) is 7.96. The Morgan fingerprint density at radius 1 is 1.47 bits per heavy atom. The molecule has 90 valence electrons. The van der Waals surface area contributed by atoms with E-state index >= 15 is 0 Å². The van der Waals surface area contributed by atoms with Crippen LogP contribution in [0.3, 0.4) is 0 Å². The molecule has 0 unspecified atom stereocenters. The van der Waals surface area contributed by atoms with Crippen molar-refractivity contribution < 1.29 is 14.6 Å². The van der Waals surface area contributed by atoms with E-state index in [-0.39, 0.29) is 5.60 Å². The average Bonchev–Trinajstić information content (AvgIpc) is 2.25. The fraction of sp³-hybridized carbons (Fsp3) is 0.357. The van der Waals surface area contributed by atoms with E-state index in [1.165, 1.54) is 0 Å². The van der Waals surface area contributed by atoms with Crippen LogP contribution in [0.4, 0.5) is 0 Å². The lowest BCUT2D eigenvalue weighted by atomic mass is 9.93. The number of carbonyl (C=O) groups is 1. The molecule has 1 N–H and O–H groups in total. The van der Waals surface area contributed by atoms with Gasteiger partial charge >= 0.3 is 5.97 Å². The molecule has 0 aliphatic carbocycles. The lowest BCUT2D eigenvalue weighted by Gasteiger charge is -2.32. The maximum atomic E-state index is 10.4. The van der Waals surface area contributed by atoms with Gasteiger partial charge in [-0.3, -0.25) is 0 Å². The van der Waals surface area contributed by atoms with Crippen molar-refractivity contribution in [1.29, 1.82) is 0 Å². The highest BCUT2D eigenvalue weighted by molar-refractivity contribution is 5.85. The SMILES string of the molecule is CC1(C)CCc2cc(C=CC(=O)O)ccc2O1. The van der Waals surface area contributed by atoms with Crippen LogP contribution in [0, 0.1) is 0 Å². The lowest BCUT2D eigenvalue weighted by molar-refractivity contribution is -0.131. The molecule has 17 heavy (non-hydrogen) atoms. The van der Waals surface area contributed by atoms with Crippen LogP contribution in [0.15, 0.2) is 24.3 Å². The zero-order valence-corrected chi connectivity index (χ0v) is 10.1. The molecule has 0 atom stereocenters. The van der Waals surface area contributed by atoms with E-state index in [1.54, 1.807) is 6.08 Å². The summed E-state index contributed by atoms with van der Waals surface area (Å²) in [6, 6.07) is 5.78. The number of benzene rings is 1. The van der Waals surface area contributed by atoms with E-state index < -0.39 is 5.97 Å². The number of hydrogen-bond donors (Lipinski definition) is 1. The molecule has 3 nitrogen and oxygen atoms in total. The molecule has 1 aromatic rings. The van der Waals surface area contributed by atoms with Crippen LogP contribution in [0.1, 0.15) is 31.4 Å². The first kappa shape index (κ1) is 11.7. The number of rotatable bonds is 2. The molecule has 1 heterocycles. The number of ether oxygens (including phenoxy) is 1.